The molecule has 1 aliphatic rings. The molecule has 11 heavy (non-hydrogen) atoms. The molecule has 1 atom stereocenters. The SMILES string of the molecule is CB(O)N1CC[C@@H](C(=O)O)C1. The lowest BCUT2D eigenvalue weighted by Crippen LogP contribution is -2.35. The van der Waals surface area contributed by atoms with Crippen LogP contribution in [0.4, 0.5) is 0 Å². The molecule has 1 saturated heterocycles. The Hall–Kier alpha value is -0.545. The van der Waals surface area contributed by atoms with Crippen molar-refractivity contribution in [3.8, 4) is 0 Å². The first kappa shape index (κ1) is 8.55. The topological polar surface area (TPSA) is 60.8 Å². The lowest BCUT2D eigenvalue weighted by molar-refractivity contribution is -0.141. The molecule has 0 bridgehead atoms. The van der Waals surface area contributed by atoms with Crippen LogP contribution in [0.1, 0.15) is 6.42 Å². The third-order valence-corrected chi connectivity index (χ3v) is 2.10. The van der Waals surface area contributed by atoms with Gasteiger partial charge in [-0.2, -0.15) is 0 Å². The average molecular weight is 157 g/mol. The molecule has 0 spiro atoms. The summed E-state index contributed by atoms with van der Waals surface area (Å²) in [6.07, 6.45) is 0.653. The molecule has 62 valence electrons. The summed E-state index contributed by atoms with van der Waals surface area (Å²) in [6.45, 7) is 2.83. The number of rotatable bonds is 2. The van der Waals surface area contributed by atoms with Crippen LogP contribution in [0.15, 0.2) is 0 Å². The third kappa shape index (κ3) is 1.94. The number of hydrogen-bond donors (Lipinski definition) is 2. The van der Waals surface area contributed by atoms with Crippen LogP contribution in [0.5, 0.6) is 0 Å². The molecule has 4 nitrogen and oxygen atoms in total. The number of hydrogen-bond acceptors (Lipinski definition) is 3. The van der Waals surface area contributed by atoms with Crippen LogP contribution in [0, 0.1) is 5.92 Å². The molecular weight excluding hydrogens is 145 g/mol. The van der Waals surface area contributed by atoms with E-state index in [0.717, 1.165) is 0 Å². The number of carboxylic acids is 1. The van der Waals surface area contributed by atoms with Crippen LogP contribution in [0.3, 0.4) is 0 Å². The third-order valence-electron chi connectivity index (χ3n) is 2.10. The predicted molar refractivity (Wildman–Crippen MR) is 41.2 cm³/mol. The highest BCUT2D eigenvalue weighted by molar-refractivity contribution is 6.45. The number of carbonyl (C=O) groups is 1. The predicted octanol–water partition coefficient (Wildman–Crippen LogP) is -0.497. The Morgan fingerprint density at radius 2 is 2.36 bits per heavy atom. The van der Waals surface area contributed by atoms with E-state index in [1.165, 1.54) is 0 Å². The Morgan fingerprint density at radius 3 is 2.64 bits per heavy atom. The van der Waals surface area contributed by atoms with Crippen molar-refractivity contribution in [3.63, 3.8) is 0 Å². The van der Waals surface area contributed by atoms with E-state index in [-0.39, 0.29) is 5.92 Å². The van der Waals surface area contributed by atoms with Gasteiger partial charge in [0.1, 0.15) is 0 Å². The van der Waals surface area contributed by atoms with Gasteiger partial charge in [0.2, 0.25) is 0 Å². The second-order valence-corrected chi connectivity index (χ2v) is 2.95. The zero-order chi connectivity index (χ0) is 8.43. The van der Waals surface area contributed by atoms with E-state index in [0.29, 0.717) is 19.5 Å². The fourth-order valence-electron chi connectivity index (χ4n) is 1.33. The van der Waals surface area contributed by atoms with Crippen LogP contribution >= 0.6 is 0 Å². The standard InChI is InChI=1S/C6H12BNO3/c1-7(11)8-3-2-5(4-8)6(9)10/h5,11H,2-4H2,1H3,(H,9,10)/t5-/m1/s1. The molecule has 0 saturated carbocycles. The van der Waals surface area contributed by atoms with Crippen molar-refractivity contribution < 1.29 is 14.9 Å². The first-order chi connectivity index (χ1) is 5.11. The number of carboxylic acid groups (broad SMARTS) is 1. The Bertz CT molecular complexity index is 162. The largest absolute Gasteiger partial charge is 0.481 e. The van der Waals surface area contributed by atoms with Crippen LogP contribution in [-0.2, 0) is 4.79 Å². The van der Waals surface area contributed by atoms with Crippen molar-refractivity contribution in [2.24, 2.45) is 5.92 Å². The summed E-state index contributed by atoms with van der Waals surface area (Å²) in [5.74, 6) is -1.04. The summed E-state index contributed by atoms with van der Waals surface area (Å²) in [4.78, 5) is 12.2. The Balaban J connectivity index is 2.41. The minimum Gasteiger partial charge on any atom is -0.481 e. The molecule has 1 heterocycles. The van der Waals surface area contributed by atoms with Crippen LogP contribution in [0.2, 0.25) is 6.82 Å². The normalized spacial score (nSPS) is 25.5. The molecule has 2 N–H and O–H groups in total. The molecule has 0 radical (unpaired) electrons. The molecule has 1 rings (SSSR count). The van der Waals surface area contributed by atoms with Crippen molar-refractivity contribution in [1.82, 2.24) is 4.81 Å². The van der Waals surface area contributed by atoms with Crippen LogP contribution in [-0.4, -0.2) is 41.1 Å². The first-order valence-electron chi connectivity index (χ1n) is 3.76. The van der Waals surface area contributed by atoms with E-state index in [1.807, 2.05) is 0 Å². The zero-order valence-corrected chi connectivity index (χ0v) is 6.53. The van der Waals surface area contributed by atoms with Gasteiger partial charge in [-0.15, -0.1) is 0 Å². The number of nitrogens with zero attached hydrogens (tertiary/aromatic N) is 1. The van der Waals surface area contributed by atoms with Gasteiger partial charge in [0, 0.05) is 6.54 Å². The van der Waals surface area contributed by atoms with E-state index in [9.17, 15) is 4.79 Å². The van der Waals surface area contributed by atoms with E-state index >= 15 is 0 Å². The fraction of sp³-hybridized carbons (Fsp3) is 0.833. The van der Waals surface area contributed by atoms with Crippen molar-refractivity contribution in [3.05, 3.63) is 0 Å². The van der Waals surface area contributed by atoms with Crippen molar-refractivity contribution in [2.45, 2.75) is 13.2 Å². The minimum atomic E-state index is -0.756. The average Bonchev–Trinajstić information content (AvgIpc) is 2.33. The fourth-order valence-corrected chi connectivity index (χ4v) is 1.33. The summed E-state index contributed by atoms with van der Waals surface area (Å²) in [5.41, 5.74) is 0. The van der Waals surface area contributed by atoms with Gasteiger partial charge in [0.15, 0.2) is 0 Å². The molecule has 1 aliphatic heterocycles. The molecule has 5 heteroatoms. The van der Waals surface area contributed by atoms with Crippen molar-refractivity contribution >= 4 is 13.0 Å². The second kappa shape index (κ2) is 3.23. The molecule has 0 aromatic carbocycles. The monoisotopic (exact) mass is 157 g/mol. The Kier molecular flexibility index (Phi) is 2.51. The van der Waals surface area contributed by atoms with Gasteiger partial charge in [-0.05, 0) is 19.8 Å². The zero-order valence-electron chi connectivity index (χ0n) is 6.53. The lowest BCUT2D eigenvalue weighted by atomic mass is 9.86. The molecule has 0 unspecified atom stereocenters. The van der Waals surface area contributed by atoms with Gasteiger partial charge < -0.3 is 14.9 Å². The van der Waals surface area contributed by atoms with E-state index < -0.39 is 13.0 Å². The van der Waals surface area contributed by atoms with E-state index in [2.05, 4.69) is 0 Å². The minimum absolute atomic E-state index is 0.287. The van der Waals surface area contributed by atoms with Gasteiger partial charge >= 0.3 is 13.0 Å². The quantitative estimate of drug-likeness (QED) is 0.530. The lowest BCUT2D eigenvalue weighted by Gasteiger charge is -2.14. The van der Waals surface area contributed by atoms with Gasteiger partial charge in [-0.1, -0.05) is 0 Å². The molecule has 1 fully saturated rings. The molecule has 0 aromatic rings. The first-order valence-corrected chi connectivity index (χ1v) is 3.76. The van der Waals surface area contributed by atoms with E-state index in [1.54, 1.807) is 11.6 Å². The number of aliphatic carboxylic acids is 1. The summed E-state index contributed by atoms with van der Waals surface area (Å²) in [6, 6.07) is 0. The van der Waals surface area contributed by atoms with Gasteiger partial charge in [0.25, 0.3) is 0 Å². The summed E-state index contributed by atoms with van der Waals surface area (Å²) in [7, 11) is -0.514. The van der Waals surface area contributed by atoms with E-state index in [4.69, 9.17) is 10.1 Å². The summed E-state index contributed by atoms with van der Waals surface area (Å²) < 4.78 is 0. The van der Waals surface area contributed by atoms with Crippen molar-refractivity contribution in [1.29, 1.82) is 0 Å². The van der Waals surface area contributed by atoms with Gasteiger partial charge in [0.05, 0.1) is 5.92 Å². The highest BCUT2D eigenvalue weighted by Crippen LogP contribution is 2.16. The molecule has 0 aromatic heterocycles. The maximum atomic E-state index is 10.5. The summed E-state index contributed by atoms with van der Waals surface area (Å²) in [5, 5.41) is 17.7. The maximum absolute atomic E-state index is 10.5. The second-order valence-electron chi connectivity index (χ2n) is 2.95. The maximum Gasteiger partial charge on any atom is 0.376 e. The van der Waals surface area contributed by atoms with Gasteiger partial charge in [-0.25, -0.2) is 0 Å². The molecule has 0 aliphatic carbocycles. The summed E-state index contributed by atoms with van der Waals surface area (Å²) >= 11 is 0. The Morgan fingerprint density at radius 1 is 1.73 bits per heavy atom. The van der Waals surface area contributed by atoms with Crippen molar-refractivity contribution in [2.75, 3.05) is 13.1 Å². The Labute approximate surface area is 65.9 Å². The van der Waals surface area contributed by atoms with Crippen LogP contribution < -0.4 is 0 Å². The highest BCUT2D eigenvalue weighted by Gasteiger charge is 2.31. The van der Waals surface area contributed by atoms with Crippen LogP contribution in [0.25, 0.3) is 0 Å². The molecular formula is C6H12BNO3. The smallest absolute Gasteiger partial charge is 0.376 e. The molecule has 0 amide bonds. The highest BCUT2D eigenvalue weighted by atomic mass is 16.4. The van der Waals surface area contributed by atoms with Gasteiger partial charge in [-0.3, -0.25) is 4.79 Å².